The monoisotopic (exact) mass is 416 g/mol. The molecule has 0 saturated heterocycles. The van der Waals surface area contributed by atoms with Crippen LogP contribution in [0.25, 0.3) is 5.69 Å². The van der Waals surface area contributed by atoms with Gasteiger partial charge in [-0.05, 0) is 41.6 Å². The minimum Gasteiger partial charge on any atom is -0.497 e. The third-order valence-electron chi connectivity index (χ3n) is 3.71. The van der Waals surface area contributed by atoms with Crippen LogP contribution in [0.4, 0.5) is 5.00 Å². The van der Waals surface area contributed by atoms with Gasteiger partial charge in [0, 0.05) is 11.3 Å². The number of methoxy groups -OCH3 is 1. The summed E-state index contributed by atoms with van der Waals surface area (Å²) >= 11 is 2.34. The van der Waals surface area contributed by atoms with Gasteiger partial charge in [0.2, 0.25) is 5.16 Å². The van der Waals surface area contributed by atoms with Crippen LogP contribution in [0, 0.1) is 11.3 Å². The summed E-state index contributed by atoms with van der Waals surface area (Å²) in [6.07, 6.45) is 0. The van der Waals surface area contributed by atoms with Gasteiger partial charge in [0.25, 0.3) is 0 Å². The first-order chi connectivity index (χ1) is 13.6. The smallest absolute Gasteiger partial charge is 0.348 e. The summed E-state index contributed by atoms with van der Waals surface area (Å²) in [6.45, 7) is 1.96. The Balaban J connectivity index is 1.86. The van der Waals surface area contributed by atoms with Crippen molar-refractivity contribution in [2.75, 3.05) is 19.5 Å². The van der Waals surface area contributed by atoms with Crippen LogP contribution in [0.3, 0.4) is 0 Å². The fourth-order valence-corrected chi connectivity index (χ4v) is 4.34. The van der Waals surface area contributed by atoms with Crippen molar-refractivity contribution in [1.82, 2.24) is 20.2 Å². The second-order valence-corrected chi connectivity index (χ2v) is 7.34. The zero-order valence-electron chi connectivity index (χ0n) is 15.1. The number of carbonyl (C=O) groups excluding carboxylic acids is 1. The molecule has 0 spiro atoms. The molecule has 0 atom stereocenters. The van der Waals surface area contributed by atoms with Gasteiger partial charge in [-0.2, -0.15) is 9.94 Å². The van der Waals surface area contributed by atoms with E-state index in [9.17, 15) is 10.1 Å². The van der Waals surface area contributed by atoms with Crippen LogP contribution in [-0.2, 0) is 10.5 Å². The number of anilines is 1. The first kappa shape index (κ1) is 19.7. The zero-order valence-corrected chi connectivity index (χ0v) is 16.7. The van der Waals surface area contributed by atoms with Crippen molar-refractivity contribution >= 4 is 34.1 Å². The minimum atomic E-state index is -0.494. The number of hydrogen-bond acceptors (Lipinski definition) is 10. The number of thioether (sulfide) groups is 1. The maximum Gasteiger partial charge on any atom is 0.348 e. The van der Waals surface area contributed by atoms with E-state index in [0.29, 0.717) is 21.3 Å². The van der Waals surface area contributed by atoms with Crippen molar-refractivity contribution in [2.24, 2.45) is 0 Å². The number of nitrogens with two attached hydrogens (primary N) is 1. The topological polar surface area (TPSA) is 129 Å². The van der Waals surface area contributed by atoms with Crippen LogP contribution in [0.15, 0.2) is 29.4 Å². The van der Waals surface area contributed by atoms with Crippen LogP contribution in [0.5, 0.6) is 5.75 Å². The highest BCUT2D eigenvalue weighted by Crippen LogP contribution is 2.35. The number of nitrogens with zero attached hydrogens (tertiary/aromatic N) is 5. The van der Waals surface area contributed by atoms with Crippen LogP contribution in [0.1, 0.15) is 27.7 Å². The van der Waals surface area contributed by atoms with Gasteiger partial charge in [0.15, 0.2) is 0 Å². The minimum absolute atomic E-state index is 0.237. The second-order valence-electron chi connectivity index (χ2n) is 5.34. The first-order valence-corrected chi connectivity index (χ1v) is 9.93. The van der Waals surface area contributed by atoms with Gasteiger partial charge in [-0.15, -0.1) is 16.4 Å². The average molecular weight is 416 g/mol. The molecule has 0 radical (unpaired) electrons. The van der Waals surface area contributed by atoms with Crippen molar-refractivity contribution < 1.29 is 14.3 Å². The summed E-state index contributed by atoms with van der Waals surface area (Å²) in [6, 6.07) is 9.32. The SMILES string of the molecule is CCOC(=O)c1sc(N)c(C#N)c1CSc1nnnn1-c1ccc(OC)cc1. The lowest BCUT2D eigenvalue weighted by Gasteiger charge is -2.06. The number of nitrogen functional groups attached to an aromatic ring is 1. The summed E-state index contributed by atoms with van der Waals surface area (Å²) in [5, 5.41) is 22.0. The first-order valence-electron chi connectivity index (χ1n) is 8.13. The van der Waals surface area contributed by atoms with E-state index in [1.54, 1.807) is 30.8 Å². The summed E-state index contributed by atoms with van der Waals surface area (Å²) in [5.74, 6) is 0.518. The molecule has 0 bridgehead atoms. The van der Waals surface area contributed by atoms with E-state index >= 15 is 0 Å². The predicted molar refractivity (Wildman–Crippen MR) is 105 cm³/mol. The van der Waals surface area contributed by atoms with Crippen molar-refractivity contribution in [3.05, 3.63) is 40.3 Å². The summed E-state index contributed by atoms with van der Waals surface area (Å²) < 4.78 is 11.8. The highest BCUT2D eigenvalue weighted by Gasteiger charge is 2.23. The van der Waals surface area contributed by atoms with Crippen molar-refractivity contribution in [1.29, 1.82) is 5.26 Å². The number of hydrogen-bond donors (Lipinski definition) is 1. The van der Waals surface area contributed by atoms with E-state index in [4.69, 9.17) is 15.2 Å². The molecular weight excluding hydrogens is 400 g/mol. The van der Waals surface area contributed by atoms with E-state index in [1.165, 1.54) is 11.8 Å². The van der Waals surface area contributed by atoms with Crippen LogP contribution in [0.2, 0.25) is 0 Å². The van der Waals surface area contributed by atoms with E-state index < -0.39 is 5.97 Å². The van der Waals surface area contributed by atoms with Gasteiger partial charge >= 0.3 is 5.97 Å². The quantitative estimate of drug-likeness (QED) is 0.456. The number of aromatic nitrogens is 4. The highest BCUT2D eigenvalue weighted by atomic mass is 32.2. The average Bonchev–Trinajstić information content (AvgIpc) is 3.30. The van der Waals surface area contributed by atoms with Crippen molar-refractivity contribution in [3.8, 4) is 17.5 Å². The normalized spacial score (nSPS) is 10.5. The van der Waals surface area contributed by atoms with E-state index in [-0.39, 0.29) is 17.2 Å². The third-order valence-corrected chi connectivity index (χ3v) is 5.70. The Morgan fingerprint density at radius 3 is 2.79 bits per heavy atom. The number of benzene rings is 1. The largest absolute Gasteiger partial charge is 0.497 e. The molecule has 28 heavy (non-hydrogen) atoms. The molecule has 0 aliphatic carbocycles. The lowest BCUT2D eigenvalue weighted by Crippen LogP contribution is -2.05. The molecule has 0 unspecified atom stereocenters. The van der Waals surface area contributed by atoms with E-state index in [1.807, 2.05) is 12.1 Å². The Morgan fingerprint density at radius 2 is 2.14 bits per heavy atom. The maximum absolute atomic E-state index is 12.2. The number of ether oxygens (including phenoxy) is 2. The van der Waals surface area contributed by atoms with Crippen molar-refractivity contribution in [3.63, 3.8) is 0 Å². The summed E-state index contributed by atoms with van der Waals surface area (Å²) in [4.78, 5) is 12.5. The molecule has 3 aromatic rings. The molecule has 2 aromatic heterocycles. The number of tetrazole rings is 1. The molecule has 11 heteroatoms. The molecule has 0 aliphatic heterocycles. The lowest BCUT2D eigenvalue weighted by molar-refractivity contribution is 0.0531. The van der Waals surface area contributed by atoms with E-state index in [0.717, 1.165) is 22.8 Å². The number of nitriles is 1. The Hall–Kier alpha value is -3.10. The fraction of sp³-hybridized carbons (Fsp3) is 0.235. The molecular formula is C17H16N6O3S2. The van der Waals surface area contributed by atoms with E-state index in [2.05, 4.69) is 21.6 Å². The zero-order chi connectivity index (χ0) is 20.1. The van der Waals surface area contributed by atoms with Gasteiger partial charge in [-0.25, -0.2) is 4.79 Å². The van der Waals surface area contributed by atoms with Crippen LogP contribution in [-0.4, -0.2) is 39.9 Å². The molecule has 3 rings (SSSR count). The Morgan fingerprint density at radius 1 is 1.39 bits per heavy atom. The Labute approximate surface area is 169 Å². The van der Waals surface area contributed by atoms with Gasteiger partial charge in [0.1, 0.15) is 21.7 Å². The molecule has 9 nitrogen and oxygen atoms in total. The van der Waals surface area contributed by atoms with Gasteiger partial charge in [0.05, 0.1) is 25.0 Å². The molecule has 0 amide bonds. The van der Waals surface area contributed by atoms with Crippen LogP contribution < -0.4 is 10.5 Å². The molecule has 1 aromatic carbocycles. The highest BCUT2D eigenvalue weighted by molar-refractivity contribution is 7.98. The maximum atomic E-state index is 12.2. The summed E-state index contributed by atoms with van der Waals surface area (Å²) in [5.41, 5.74) is 7.47. The van der Waals surface area contributed by atoms with Crippen LogP contribution >= 0.6 is 23.1 Å². The molecule has 144 valence electrons. The lowest BCUT2D eigenvalue weighted by atomic mass is 10.2. The molecule has 0 aliphatic rings. The van der Waals surface area contributed by atoms with Gasteiger partial charge < -0.3 is 15.2 Å². The fourth-order valence-electron chi connectivity index (χ4n) is 2.40. The summed E-state index contributed by atoms with van der Waals surface area (Å²) in [7, 11) is 1.59. The predicted octanol–water partition coefficient (Wildman–Crippen LogP) is 2.66. The standard InChI is InChI=1S/C17H16N6O3S2/c1-3-26-16(24)14-13(12(8-18)15(19)28-14)9-27-17-20-21-22-23(17)10-4-6-11(25-2)7-5-10/h4-7H,3,9,19H2,1-2H3. The van der Waals surface area contributed by atoms with Gasteiger partial charge in [-0.3, -0.25) is 0 Å². The van der Waals surface area contributed by atoms with Crippen molar-refractivity contribution in [2.45, 2.75) is 17.8 Å². The molecule has 2 heterocycles. The van der Waals surface area contributed by atoms with Gasteiger partial charge in [-0.1, -0.05) is 11.8 Å². The molecule has 2 N–H and O–H groups in total. The number of esters is 1. The molecule has 0 saturated carbocycles. The number of thiophene rings is 1. The number of rotatable bonds is 7. The Kier molecular flexibility index (Phi) is 6.13. The number of carbonyl (C=O) groups is 1. The third kappa shape index (κ3) is 3.92. The second kappa shape index (κ2) is 8.73. The Bertz CT molecular complexity index is 1020. The molecule has 0 fully saturated rings.